The van der Waals surface area contributed by atoms with Crippen LogP contribution in [0.4, 0.5) is 13.2 Å². The number of Topliss-reactive ketones (excluding diaryl/α,β-unsaturated/α-hetero) is 1. The van der Waals surface area contributed by atoms with E-state index in [9.17, 15) is 18.0 Å². The second kappa shape index (κ2) is 3.89. The molecule has 0 radical (unpaired) electrons. The summed E-state index contributed by atoms with van der Waals surface area (Å²) in [6.07, 6.45) is 0.0653. The zero-order valence-corrected chi connectivity index (χ0v) is 8.36. The fraction of sp³-hybridized carbons (Fsp3) is 0.300. The Morgan fingerprint density at radius 2 is 2.13 bits per heavy atom. The lowest BCUT2D eigenvalue weighted by Gasteiger charge is -2.05. The molecule has 0 N–H and O–H groups in total. The summed E-state index contributed by atoms with van der Waals surface area (Å²) in [4.78, 5) is 11.6. The van der Waals surface area contributed by atoms with Crippen LogP contribution >= 0.6 is 11.8 Å². The molecule has 15 heavy (non-hydrogen) atoms. The van der Waals surface area contributed by atoms with Gasteiger partial charge in [0, 0.05) is 11.1 Å². The minimum Gasteiger partial charge on any atom is -0.293 e. The van der Waals surface area contributed by atoms with E-state index in [0.717, 1.165) is 0 Å². The van der Waals surface area contributed by atoms with E-state index in [2.05, 4.69) is 0 Å². The summed E-state index contributed by atoms with van der Waals surface area (Å²) in [6.45, 7) is 0. The molecule has 0 bridgehead atoms. The van der Waals surface area contributed by atoms with Crippen LogP contribution in [0.1, 0.15) is 15.9 Å². The van der Waals surface area contributed by atoms with Crippen molar-refractivity contribution >= 4 is 17.5 Å². The number of ketones is 1. The largest absolute Gasteiger partial charge is 0.293 e. The van der Waals surface area contributed by atoms with Gasteiger partial charge in [-0.25, -0.2) is 4.39 Å². The third kappa shape index (κ3) is 1.88. The summed E-state index contributed by atoms with van der Waals surface area (Å²) in [5.74, 6) is -3.48. The zero-order valence-electron chi connectivity index (χ0n) is 7.54. The second-order valence-corrected chi connectivity index (χ2v) is 4.42. The molecule has 0 fully saturated rings. The maximum Gasteiger partial charge on any atom is 0.285 e. The molecule has 1 aromatic rings. The average molecular weight is 232 g/mol. The molecule has 1 atom stereocenters. The summed E-state index contributed by atoms with van der Waals surface area (Å²) in [5, 5.41) is -0.836. The van der Waals surface area contributed by atoms with Gasteiger partial charge in [0.2, 0.25) is 0 Å². The molecule has 0 heterocycles. The van der Waals surface area contributed by atoms with Gasteiger partial charge >= 0.3 is 0 Å². The van der Waals surface area contributed by atoms with Crippen LogP contribution < -0.4 is 0 Å². The number of thioether (sulfide) groups is 1. The van der Waals surface area contributed by atoms with Gasteiger partial charge in [-0.3, -0.25) is 4.79 Å². The Bertz CT molecular complexity index is 406. The van der Waals surface area contributed by atoms with Gasteiger partial charge in [0.1, 0.15) is 5.82 Å². The molecule has 0 saturated heterocycles. The Kier molecular flexibility index (Phi) is 2.73. The van der Waals surface area contributed by atoms with E-state index in [4.69, 9.17) is 0 Å². The van der Waals surface area contributed by atoms with Gasteiger partial charge in [0.25, 0.3) is 5.76 Å². The van der Waals surface area contributed by atoms with Crippen molar-refractivity contribution in [3.05, 3.63) is 35.1 Å². The van der Waals surface area contributed by atoms with E-state index in [1.807, 2.05) is 0 Å². The van der Waals surface area contributed by atoms with Crippen LogP contribution in [0.5, 0.6) is 0 Å². The van der Waals surface area contributed by atoms with Crippen molar-refractivity contribution in [2.75, 3.05) is 0 Å². The highest BCUT2D eigenvalue weighted by atomic mass is 32.2. The third-order valence-corrected chi connectivity index (χ3v) is 3.25. The van der Waals surface area contributed by atoms with Gasteiger partial charge in [-0.1, -0.05) is 23.9 Å². The number of hydrogen-bond acceptors (Lipinski definition) is 2. The topological polar surface area (TPSA) is 17.1 Å². The van der Waals surface area contributed by atoms with Gasteiger partial charge in [0.05, 0.1) is 5.25 Å². The van der Waals surface area contributed by atoms with Crippen LogP contribution in [-0.4, -0.2) is 16.8 Å². The summed E-state index contributed by atoms with van der Waals surface area (Å²) < 4.78 is 37.4. The van der Waals surface area contributed by atoms with Gasteiger partial charge in [-0.05, 0) is 12.5 Å². The van der Waals surface area contributed by atoms with E-state index in [0.29, 0.717) is 0 Å². The van der Waals surface area contributed by atoms with Crippen molar-refractivity contribution in [3.63, 3.8) is 0 Å². The first-order valence-electron chi connectivity index (χ1n) is 4.35. The lowest BCUT2D eigenvalue weighted by atomic mass is 10.1. The van der Waals surface area contributed by atoms with Crippen molar-refractivity contribution in [2.24, 2.45) is 0 Å². The number of carbonyl (C=O) groups excluding carboxylic acids is 1. The Hall–Kier alpha value is -0.970. The number of fused-ring (bicyclic) bond motifs is 1. The Labute approximate surface area is 88.7 Å². The Morgan fingerprint density at radius 3 is 2.73 bits per heavy atom. The van der Waals surface area contributed by atoms with E-state index < -0.39 is 22.6 Å². The Morgan fingerprint density at radius 1 is 1.40 bits per heavy atom. The van der Waals surface area contributed by atoms with Gasteiger partial charge in [0.15, 0.2) is 5.78 Å². The predicted octanol–water partition coefficient (Wildman–Crippen LogP) is 2.89. The molecular formula is C10H7F3OS. The minimum atomic E-state index is -2.60. The normalized spacial score (nSPS) is 19.7. The number of hydrogen-bond donors (Lipinski definition) is 0. The highest BCUT2D eigenvalue weighted by molar-refractivity contribution is 8.00. The first-order chi connectivity index (χ1) is 7.09. The molecule has 1 nitrogen and oxygen atoms in total. The lowest BCUT2D eigenvalue weighted by molar-refractivity contribution is 0.0998. The monoisotopic (exact) mass is 232 g/mol. The predicted molar refractivity (Wildman–Crippen MR) is 51.8 cm³/mol. The molecular weight excluding hydrogens is 225 g/mol. The minimum absolute atomic E-state index is 0.0653. The molecule has 1 aliphatic rings. The molecule has 1 aromatic carbocycles. The molecule has 80 valence electrons. The van der Waals surface area contributed by atoms with Gasteiger partial charge < -0.3 is 0 Å². The molecule has 0 amide bonds. The van der Waals surface area contributed by atoms with Crippen LogP contribution in [0.25, 0.3) is 0 Å². The van der Waals surface area contributed by atoms with Crippen molar-refractivity contribution in [2.45, 2.75) is 17.4 Å². The van der Waals surface area contributed by atoms with Crippen molar-refractivity contribution in [1.82, 2.24) is 0 Å². The fourth-order valence-corrected chi connectivity index (χ4v) is 2.44. The number of rotatable bonds is 2. The number of halogens is 3. The fourth-order valence-electron chi connectivity index (χ4n) is 1.68. The first kappa shape index (κ1) is 10.5. The van der Waals surface area contributed by atoms with E-state index in [1.54, 1.807) is 0 Å². The molecule has 5 heteroatoms. The Balaban J connectivity index is 2.29. The summed E-state index contributed by atoms with van der Waals surface area (Å²) >= 11 is 0.286. The van der Waals surface area contributed by atoms with Crippen LogP contribution in [0.2, 0.25) is 0 Å². The first-order valence-corrected chi connectivity index (χ1v) is 5.29. The van der Waals surface area contributed by atoms with Crippen molar-refractivity contribution < 1.29 is 18.0 Å². The standard InChI is InChI=1S/C10H7F3OS/c11-7-3-1-2-5-6(7)4-8(9(5)14)15-10(12)13/h1-3,8,10H,4H2. The van der Waals surface area contributed by atoms with Crippen LogP contribution in [0.3, 0.4) is 0 Å². The molecule has 0 aliphatic heterocycles. The van der Waals surface area contributed by atoms with Gasteiger partial charge in [-0.2, -0.15) is 8.78 Å². The smallest absolute Gasteiger partial charge is 0.285 e. The van der Waals surface area contributed by atoms with Gasteiger partial charge in [-0.15, -0.1) is 0 Å². The molecule has 1 aliphatic carbocycles. The molecule has 0 saturated carbocycles. The van der Waals surface area contributed by atoms with Crippen molar-refractivity contribution in [1.29, 1.82) is 0 Å². The molecule has 0 spiro atoms. The SMILES string of the molecule is O=C1c2cccc(F)c2CC1SC(F)F. The number of benzene rings is 1. The summed E-state index contributed by atoms with van der Waals surface area (Å²) in [6, 6.07) is 4.13. The van der Waals surface area contributed by atoms with E-state index in [-0.39, 0.29) is 29.3 Å². The lowest BCUT2D eigenvalue weighted by Crippen LogP contribution is -2.13. The summed E-state index contributed by atoms with van der Waals surface area (Å²) in [5.41, 5.74) is 0.508. The highest BCUT2D eigenvalue weighted by Crippen LogP contribution is 2.34. The van der Waals surface area contributed by atoms with Crippen LogP contribution in [0, 0.1) is 5.82 Å². The third-order valence-electron chi connectivity index (χ3n) is 2.33. The quantitative estimate of drug-likeness (QED) is 0.779. The molecule has 0 aromatic heterocycles. The summed E-state index contributed by atoms with van der Waals surface area (Å²) in [7, 11) is 0. The van der Waals surface area contributed by atoms with Crippen LogP contribution in [0.15, 0.2) is 18.2 Å². The maximum atomic E-state index is 13.2. The second-order valence-electron chi connectivity index (χ2n) is 3.22. The number of alkyl halides is 2. The average Bonchev–Trinajstić information content (AvgIpc) is 2.46. The molecule has 2 rings (SSSR count). The maximum absolute atomic E-state index is 13.2. The van der Waals surface area contributed by atoms with E-state index >= 15 is 0 Å². The zero-order chi connectivity index (χ0) is 11.0. The molecule has 1 unspecified atom stereocenters. The van der Waals surface area contributed by atoms with Crippen molar-refractivity contribution in [3.8, 4) is 0 Å². The number of carbonyl (C=O) groups is 1. The van der Waals surface area contributed by atoms with E-state index in [1.165, 1.54) is 18.2 Å². The highest BCUT2D eigenvalue weighted by Gasteiger charge is 2.34. The van der Waals surface area contributed by atoms with Crippen LogP contribution in [-0.2, 0) is 6.42 Å².